The average molecular weight is 386 g/mol. The van der Waals surface area contributed by atoms with Crippen LogP contribution in [0.25, 0.3) is 23.1 Å². The van der Waals surface area contributed by atoms with Gasteiger partial charge in [0, 0.05) is 41.5 Å². The summed E-state index contributed by atoms with van der Waals surface area (Å²) in [7, 11) is 0. The van der Waals surface area contributed by atoms with Crippen molar-refractivity contribution in [3.8, 4) is 0 Å². The predicted molar refractivity (Wildman–Crippen MR) is 129 cm³/mol. The predicted octanol–water partition coefficient (Wildman–Crippen LogP) is 6.87. The Hall–Kier alpha value is -3.13. The Balaban J connectivity index is 0.00000150. The molecule has 0 atom stereocenters. The molecule has 1 aliphatic rings. The van der Waals surface area contributed by atoms with Gasteiger partial charge in [0.15, 0.2) is 0 Å². The first-order valence-corrected chi connectivity index (χ1v) is 9.66. The lowest BCUT2D eigenvalue weighted by atomic mass is 10.1. The van der Waals surface area contributed by atoms with Gasteiger partial charge in [-0.25, -0.2) is 0 Å². The lowest BCUT2D eigenvalue weighted by Gasteiger charge is -2.29. The molecule has 0 radical (unpaired) electrons. The van der Waals surface area contributed by atoms with Crippen molar-refractivity contribution >= 4 is 28.7 Å². The zero-order chi connectivity index (χ0) is 18.6. The van der Waals surface area contributed by atoms with Crippen molar-refractivity contribution < 1.29 is 4.57 Å². The summed E-state index contributed by atoms with van der Waals surface area (Å²) in [6.45, 7) is 6.29. The smallest absolute Gasteiger partial charge is 0.212 e. The molecule has 1 aliphatic heterocycles. The van der Waals surface area contributed by atoms with Gasteiger partial charge >= 0.3 is 0 Å². The SMILES string of the molecule is C.C.CCN1/C(=C\C=C\c2ccc3ccccc3[n+]2CC)C=Cc2ccccc21. The van der Waals surface area contributed by atoms with Crippen LogP contribution in [0.1, 0.15) is 40.0 Å². The van der Waals surface area contributed by atoms with Gasteiger partial charge in [-0.3, -0.25) is 0 Å². The molecule has 150 valence electrons. The molecule has 0 unspecified atom stereocenters. The van der Waals surface area contributed by atoms with Crippen LogP contribution in [-0.4, -0.2) is 6.54 Å². The van der Waals surface area contributed by atoms with Gasteiger partial charge in [-0.2, -0.15) is 4.57 Å². The molecule has 0 bridgehead atoms. The number of fused-ring (bicyclic) bond motifs is 2. The second-order valence-corrected chi connectivity index (χ2v) is 6.65. The monoisotopic (exact) mass is 385 g/mol. The fraction of sp³-hybridized carbons (Fsp3) is 0.222. The van der Waals surface area contributed by atoms with E-state index in [0.717, 1.165) is 13.1 Å². The van der Waals surface area contributed by atoms with E-state index in [2.05, 4.69) is 114 Å². The Morgan fingerprint density at radius 1 is 0.862 bits per heavy atom. The van der Waals surface area contributed by atoms with Crippen LogP contribution >= 0.6 is 0 Å². The van der Waals surface area contributed by atoms with Crippen LogP contribution in [0, 0.1) is 0 Å². The topological polar surface area (TPSA) is 7.12 Å². The molecule has 29 heavy (non-hydrogen) atoms. The number of nitrogens with zero attached hydrogens (tertiary/aromatic N) is 2. The number of para-hydroxylation sites is 2. The molecule has 0 amide bonds. The number of aromatic nitrogens is 1. The maximum atomic E-state index is 2.36. The summed E-state index contributed by atoms with van der Waals surface area (Å²) < 4.78 is 2.36. The number of allylic oxidation sites excluding steroid dienone is 3. The molecule has 0 fully saturated rings. The standard InChI is InChI=1S/C25H25N2.2CH4/c1-3-26-22(18-16-20-10-5-7-14-24(20)26)12-9-13-23-19-17-21-11-6-8-15-25(21)27(23)4-2;;/h5-19H,3-4H2,1-2H3;2*1H4/q+1;;. The van der Waals surface area contributed by atoms with E-state index in [9.17, 15) is 0 Å². The quantitative estimate of drug-likeness (QED) is 0.444. The molecule has 4 rings (SSSR count). The molecule has 2 heterocycles. The van der Waals surface area contributed by atoms with Crippen LogP contribution in [0.4, 0.5) is 5.69 Å². The van der Waals surface area contributed by atoms with E-state index in [1.165, 1.54) is 33.5 Å². The number of hydrogen-bond donors (Lipinski definition) is 0. The van der Waals surface area contributed by atoms with Crippen LogP contribution in [0.2, 0.25) is 0 Å². The zero-order valence-electron chi connectivity index (χ0n) is 16.0. The van der Waals surface area contributed by atoms with Crippen LogP contribution in [-0.2, 0) is 6.54 Å². The molecular formula is C27H33N2+. The highest BCUT2D eigenvalue weighted by atomic mass is 15.1. The minimum Gasteiger partial charge on any atom is -0.341 e. The highest BCUT2D eigenvalue weighted by Gasteiger charge is 2.15. The van der Waals surface area contributed by atoms with Crippen LogP contribution in [0.5, 0.6) is 0 Å². The minimum atomic E-state index is 0. The van der Waals surface area contributed by atoms with Gasteiger partial charge in [-0.05, 0) is 49.8 Å². The number of aryl methyl sites for hydroxylation is 1. The molecule has 0 saturated heterocycles. The molecule has 3 aromatic rings. The Kier molecular flexibility index (Phi) is 7.55. The molecular weight excluding hydrogens is 352 g/mol. The maximum absolute atomic E-state index is 2.36. The maximum Gasteiger partial charge on any atom is 0.212 e. The molecule has 0 spiro atoms. The first-order chi connectivity index (χ1) is 13.3. The number of pyridine rings is 1. The highest BCUT2D eigenvalue weighted by molar-refractivity contribution is 5.77. The average Bonchev–Trinajstić information content (AvgIpc) is 2.73. The van der Waals surface area contributed by atoms with Crippen molar-refractivity contribution in [2.45, 2.75) is 35.2 Å². The Labute approximate surface area is 176 Å². The summed E-state index contributed by atoms with van der Waals surface area (Å²) in [6.07, 6.45) is 11.0. The van der Waals surface area contributed by atoms with E-state index in [4.69, 9.17) is 0 Å². The number of likely N-dealkylation sites (N-methyl/N-ethyl adjacent to an activating group) is 1. The van der Waals surface area contributed by atoms with Crippen molar-refractivity contribution in [2.24, 2.45) is 0 Å². The third-order valence-electron chi connectivity index (χ3n) is 5.11. The molecule has 2 heteroatoms. The fourth-order valence-electron chi connectivity index (χ4n) is 3.80. The zero-order valence-corrected chi connectivity index (χ0v) is 16.0. The van der Waals surface area contributed by atoms with Gasteiger partial charge < -0.3 is 4.90 Å². The summed E-state index contributed by atoms with van der Waals surface area (Å²) in [5, 5.41) is 1.28. The van der Waals surface area contributed by atoms with Gasteiger partial charge in [-0.1, -0.05) is 57.3 Å². The van der Waals surface area contributed by atoms with Gasteiger partial charge in [0.1, 0.15) is 6.54 Å². The minimum absolute atomic E-state index is 0. The fourth-order valence-corrected chi connectivity index (χ4v) is 3.80. The second-order valence-electron chi connectivity index (χ2n) is 6.65. The largest absolute Gasteiger partial charge is 0.341 e. The van der Waals surface area contributed by atoms with Crippen molar-refractivity contribution in [3.63, 3.8) is 0 Å². The van der Waals surface area contributed by atoms with E-state index in [1.54, 1.807) is 0 Å². The summed E-state index contributed by atoms with van der Waals surface area (Å²) in [5.74, 6) is 0. The van der Waals surface area contributed by atoms with E-state index < -0.39 is 0 Å². The molecule has 2 nitrogen and oxygen atoms in total. The summed E-state index contributed by atoms with van der Waals surface area (Å²) in [6, 6.07) is 21.5. The molecule has 1 aromatic heterocycles. The number of benzene rings is 2. The van der Waals surface area contributed by atoms with Crippen molar-refractivity contribution in [3.05, 3.63) is 95.8 Å². The molecule has 0 aliphatic carbocycles. The third-order valence-corrected chi connectivity index (χ3v) is 5.11. The Bertz CT molecular complexity index is 1060. The number of hydrogen-bond acceptors (Lipinski definition) is 1. The first-order valence-electron chi connectivity index (χ1n) is 9.66. The van der Waals surface area contributed by atoms with Crippen LogP contribution < -0.4 is 9.47 Å². The Morgan fingerprint density at radius 3 is 2.41 bits per heavy atom. The molecule has 0 saturated carbocycles. The molecule has 0 N–H and O–H groups in total. The van der Waals surface area contributed by atoms with E-state index >= 15 is 0 Å². The lowest BCUT2D eigenvalue weighted by molar-refractivity contribution is -0.669. The van der Waals surface area contributed by atoms with Crippen LogP contribution in [0.3, 0.4) is 0 Å². The number of rotatable bonds is 4. The van der Waals surface area contributed by atoms with Gasteiger partial charge in [0.05, 0.1) is 0 Å². The first kappa shape index (κ1) is 22.2. The highest BCUT2D eigenvalue weighted by Crippen LogP contribution is 2.30. The molecule has 2 aromatic carbocycles. The number of anilines is 1. The van der Waals surface area contributed by atoms with E-state index in [0.29, 0.717) is 0 Å². The second kappa shape index (κ2) is 9.88. The normalized spacial score (nSPS) is 14.0. The van der Waals surface area contributed by atoms with E-state index in [-0.39, 0.29) is 14.9 Å². The summed E-state index contributed by atoms with van der Waals surface area (Å²) >= 11 is 0. The van der Waals surface area contributed by atoms with Crippen LogP contribution in [0.15, 0.2) is 84.6 Å². The third kappa shape index (κ3) is 4.32. The van der Waals surface area contributed by atoms with Crippen molar-refractivity contribution in [1.82, 2.24) is 0 Å². The lowest BCUT2D eigenvalue weighted by Crippen LogP contribution is -2.36. The summed E-state index contributed by atoms with van der Waals surface area (Å²) in [5.41, 5.74) is 6.26. The summed E-state index contributed by atoms with van der Waals surface area (Å²) in [4.78, 5) is 2.36. The van der Waals surface area contributed by atoms with Crippen molar-refractivity contribution in [2.75, 3.05) is 11.4 Å². The van der Waals surface area contributed by atoms with Gasteiger partial charge in [0.2, 0.25) is 11.2 Å². The van der Waals surface area contributed by atoms with E-state index in [1.807, 2.05) is 0 Å². The Morgan fingerprint density at radius 2 is 1.62 bits per heavy atom. The van der Waals surface area contributed by atoms with Gasteiger partial charge in [0.25, 0.3) is 0 Å². The van der Waals surface area contributed by atoms with Crippen molar-refractivity contribution in [1.29, 1.82) is 0 Å². The van der Waals surface area contributed by atoms with Gasteiger partial charge in [-0.15, -0.1) is 0 Å².